The van der Waals surface area contributed by atoms with Crippen LogP contribution in [0.15, 0.2) is 46.2 Å². The number of hydrogen-bond donors (Lipinski definition) is 0. The average molecular weight is 349 g/mol. The predicted octanol–water partition coefficient (Wildman–Crippen LogP) is 6.35. The zero-order chi connectivity index (χ0) is 15.2. The second-order valence-corrected chi connectivity index (χ2v) is 6.77. The molecule has 6 heteroatoms. The molecule has 1 aliphatic heterocycles. The highest BCUT2D eigenvalue weighted by atomic mass is 35.5. The van der Waals surface area contributed by atoms with Crippen molar-refractivity contribution < 1.29 is 13.2 Å². The molecule has 0 radical (unpaired) electrons. The first-order valence-electron chi connectivity index (χ1n) is 6.16. The number of fused-ring (bicyclic) bond motifs is 2. The Labute approximate surface area is 134 Å². The number of benzene rings is 2. The van der Waals surface area contributed by atoms with E-state index >= 15 is 0 Å². The maximum Gasteiger partial charge on any atom is 0.417 e. The molecule has 110 valence electrons. The van der Waals surface area contributed by atoms with Crippen LogP contribution in [-0.2, 0) is 12.6 Å². The van der Waals surface area contributed by atoms with E-state index in [1.165, 1.54) is 17.8 Å². The number of halogens is 5. The number of alkyl halides is 4. The molecular weight excluding hydrogens is 340 g/mol. The third kappa shape index (κ3) is 2.89. The van der Waals surface area contributed by atoms with E-state index < -0.39 is 17.1 Å². The second-order valence-electron chi connectivity index (χ2n) is 4.75. The molecule has 0 saturated carbocycles. The number of hydrogen-bond acceptors (Lipinski definition) is 1. The summed E-state index contributed by atoms with van der Waals surface area (Å²) in [4.78, 5) is 1.44. The smallest absolute Gasteiger partial charge is 0.166 e. The lowest BCUT2D eigenvalue weighted by molar-refractivity contribution is -0.137. The molecule has 0 aromatic heterocycles. The summed E-state index contributed by atoms with van der Waals surface area (Å²) < 4.78 is 39.0. The maximum absolute atomic E-state index is 13.0. The summed E-state index contributed by atoms with van der Waals surface area (Å²) >= 11 is 13.5. The molecule has 1 heterocycles. The Morgan fingerprint density at radius 1 is 1.10 bits per heavy atom. The third-order valence-corrected chi connectivity index (χ3v) is 5.23. The topological polar surface area (TPSA) is 0 Å². The minimum atomic E-state index is -4.47. The van der Waals surface area contributed by atoms with Gasteiger partial charge in [-0.3, -0.25) is 0 Å². The molecule has 0 amide bonds. The molecule has 2 aromatic rings. The molecule has 0 nitrogen and oxygen atoms in total. The van der Waals surface area contributed by atoms with Gasteiger partial charge in [0.2, 0.25) is 0 Å². The molecule has 0 N–H and O–H groups in total. The Morgan fingerprint density at radius 2 is 1.81 bits per heavy atom. The predicted molar refractivity (Wildman–Crippen MR) is 79.3 cm³/mol. The van der Waals surface area contributed by atoms with Crippen molar-refractivity contribution in [3.63, 3.8) is 0 Å². The summed E-state index contributed by atoms with van der Waals surface area (Å²) in [5.41, 5.74) is 0.859. The molecular formula is C15H9Cl2F3S. The summed E-state index contributed by atoms with van der Waals surface area (Å²) in [6.45, 7) is 0. The molecule has 21 heavy (non-hydrogen) atoms. The molecule has 2 aromatic carbocycles. The van der Waals surface area contributed by atoms with Gasteiger partial charge in [-0.15, -0.1) is 11.6 Å². The van der Waals surface area contributed by atoms with Gasteiger partial charge in [-0.25, -0.2) is 0 Å². The Morgan fingerprint density at radius 3 is 2.52 bits per heavy atom. The number of rotatable bonds is 0. The van der Waals surface area contributed by atoms with Gasteiger partial charge in [-0.05, 0) is 35.7 Å². The van der Waals surface area contributed by atoms with E-state index in [2.05, 4.69) is 0 Å². The summed E-state index contributed by atoms with van der Waals surface area (Å²) in [5.74, 6) is 0. The van der Waals surface area contributed by atoms with E-state index in [9.17, 15) is 13.2 Å². The van der Waals surface area contributed by atoms with E-state index in [-0.39, 0.29) is 5.02 Å². The summed E-state index contributed by atoms with van der Waals surface area (Å²) in [5, 5.41) is -0.700. The van der Waals surface area contributed by atoms with Crippen molar-refractivity contribution in [3.8, 4) is 0 Å². The molecule has 3 rings (SSSR count). The van der Waals surface area contributed by atoms with E-state index in [1.807, 2.05) is 24.3 Å². The highest BCUT2D eigenvalue weighted by Gasteiger charge is 2.35. The summed E-state index contributed by atoms with van der Waals surface area (Å²) in [7, 11) is 0. The average Bonchev–Trinajstić information content (AvgIpc) is 2.53. The standard InChI is InChI=1S/C15H9Cl2F3S/c16-11-5-8-3-1-2-4-13(8)21-14-7-10(15(18,19)20)12(17)6-9(11)14/h1-4,6-7,11H,5H2. The monoisotopic (exact) mass is 348 g/mol. The molecule has 1 atom stereocenters. The van der Waals surface area contributed by atoms with Crippen LogP contribution in [0, 0.1) is 0 Å². The lowest BCUT2D eigenvalue weighted by Gasteiger charge is -2.15. The van der Waals surface area contributed by atoms with Gasteiger partial charge in [0.15, 0.2) is 0 Å². The molecule has 1 aliphatic rings. The van der Waals surface area contributed by atoms with Crippen molar-refractivity contribution in [1.82, 2.24) is 0 Å². The molecule has 0 fully saturated rings. The fourth-order valence-corrected chi connectivity index (χ4v) is 4.17. The Hall–Kier alpha value is -0.840. The minimum absolute atomic E-state index is 0.307. The van der Waals surface area contributed by atoms with Crippen molar-refractivity contribution >= 4 is 35.0 Å². The van der Waals surface area contributed by atoms with Gasteiger partial charge in [-0.2, -0.15) is 13.2 Å². The lowest BCUT2D eigenvalue weighted by atomic mass is 10.0. The van der Waals surface area contributed by atoms with Gasteiger partial charge in [0.1, 0.15) is 0 Å². The van der Waals surface area contributed by atoms with Crippen LogP contribution in [0.3, 0.4) is 0 Å². The minimum Gasteiger partial charge on any atom is -0.166 e. The fourth-order valence-electron chi connectivity index (χ4n) is 2.31. The zero-order valence-corrected chi connectivity index (χ0v) is 12.9. The van der Waals surface area contributed by atoms with Crippen LogP contribution in [0.25, 0.3) is 0 Å². The van der Waals surface area contributed by atoms with E-state index in [0.29, 0.717) is 16.9 Å². The Bertz CT molecular complexity index is 698. The zero-order valence-electron chi connectivity index (χ0n) is 10.5. The van der Waals surface area contributed by atoms with Crippen LogP contribution in [0.1, 0.15) is 22.1 Å². The van der Waals surface area contributed by atoms with Crippen molar-refractivity contribution in [1.29, 1.82) is 0 Å². The van der Waals surface area contributed by atoms with Crippen LogP contribution in [-0.4, -0.2) is 0 Å². The van der Waals surface area contributed by atoms with Gasteiger partial charge < -0.3 is 0 Å². The third-order valence-electron chi connectivity index (χ3n) is 3.33. The second kappa shape index (κ2) is 5.41. The SMILES string of the molecule is FC(F)(F)c1cc2c(cc1Cl)C(Cl)Cc1ccccc1S2. The fraction of sp³-hybridized carbons (Fsp3) is 0.200. The van der Waals surface area contributed by atoms with E-state index in [4.69, 9.17) is 23.2 Å². The molecule has 1 unspecified atom stereocenters. The molecule has 0 spiro atoms. The lowest BCUT2D eigenvalue weighted by Crippen LogP contribution is -2.07. The maximum atomic E-state index is 13.0. The first-order valence-corrected chi connectivity index (χ1v) is 7.80. The van der Waals surface area contributed by atoms with Crippen molar-refractivity contribution in [2.45, 2.75) is 27.8 Å². The van der Waals surface area contributed by atoms with Crippen LogP contribution in [0.4, 0.5) is 13.2 Å². The quantitative estimate of drug-likeness (QED) is 0.500. The first kappa shape index (κ1) is 15.1. The van der Waals surface area contributed by atoms with Crippen LogP contribution >= 0.6 is 35.0 Å². The van der Waals surface area contributed by atoms with Crippen LogP contribution in [0.2, 0.25) is 5.02 Å². The van der Waals surface area contributed by atoms with Crippen molar-refractivity contribution in [2.75, 3.05) is 0 Å². The molecule has 0 saturated heterocycles. The summed E-state index contributed by atoms with van der Waals surface area (Å²) in [6, 6.07) is 10.0. The molecule has 0 bridgehead atoms. The highest BCUT2D eigenvalue weighted by molar-refractivity contribution is 7.99. The van der Waals surface area contributed by atoms with Crippen LogP contribution < -0.4 is 0 Å². The van der Waals surface area contributed by atoms with Gasteiger partial charge in [0, 0.05) is 9.79 Å². The van der Waals surface area contributed by atoms with Gasteiger partial charge in [-0.1, -0.05) is 41.6 Å². The van der Waals surface area contributed by atoms with Gasteiger partial charge >= 0.3 is 6.18 Å². The largest absolute Gasteiger partial charge is 0.417 e. The van der Waals surface area contributed by atoms with Crippen LogP contribution in [0.5, 0.6) is 0 Å². The van der Waals surface area contributed by atoms with Gasteiger partial charge in [0.25, 0.3) is 0 Å². The van der Waals surface area contributed by atoms with Gasteiger partial charge in [0.05, 0.1) is 16.0 Å². The Balaban J connectivity index is 2.16. The van der Waals surface area contributed by atoms with Crippen molar-refractivity contribution in [3.05, 3.63) is 58.1 Å². The molecule has 0 aliphatic carbocycles. The highest BCUT2D eigenvalue weighted by Crippen LogP contribution is 2.47. The first-order chi connectivity index (χ1) is 9.86. The normalized spacial score (nSPS) is 17.9. The Kier molecular flexibility index (Phi) is 3.89. The van der Waals surface area contributed by atoms with Crippen molar-refractivity contribution in [2.24, 2.45) is 0 Å². The van der Waals surface area contributed by atoms with E-state index in [0.717, 1.165) is 16.5 Å². The summed E-state index contributed by atoms with van der Waals surface area (Å²) in [6.07, 6.45) is -3.90. The van der Waals surface area contributed by atoms with E-state index in [1.54, 1.807) is 0 Å².